The maximum absolute atomic E-state index is 11.8. The topological polar surface area (TPSA) is 62.0 Å². The van der Waals surface area contributed by atoms with Crippen molar-refractivity contribution in [2.45, 2.75) is 39.2 Å². The van der Waals surface area contributed by atoms with Crippen molar-refractivity contribution in [3.63, 3.8) is 0 Å². The Balaban J connectivity index is 2.67. The van der Waals surface area contributed by atoms with Gasteiger partial charge in [-0.2, -0.15) is 0 Å². The van der Waals surface area contributed by atoms with E-state index in [4.69, 9.17) is 0 Å². The van der Waals surface area contributed by atoms with E-state index in [1.807, 2.05) is 6.92 Å². The van der Waals surface area contributed by atoms with E-state index >= 15 is 0 Å². The second-order valence-corrected chi connectivity index (χ2v) is 3.80. The zero-order valence-electron chi connectivity index (χ0n) is 9.75. The third kappa shape index (κ3) is 3.53. The fourth-order valence-electron chi connectivity index (χ4n) is 1.57. The van der Waals surface area contributed by atoms with Crippen LogP contribution in [0.4, 0.5) is 0 Å². The second kappa shape index (κ2) is 6.10. The van der Waals surface area contributed by atoms with Crippen molar-refractivity contribution < 1.29 is 4.79 Å². The van der Waals surface area contributed by atoms with Crippen molar-refractivity contribution >= 4 is 5.91 Å². The van der Waals surface area contributed by atoms with E-state index in [2.05, 4.69) is 17.2 Å². The largest absolute Gasteiger partial charge is 0.348 e. The number of hydrogen-bond donors (Lipinski definition) is 2. The Morgan fingerprint density at radius 1 is 1.44 bits per heavy atom. The SMILES string of the molecule is CCCC(CC)NC(=O)c1cccc(=O)[nH]1. The quantitative estimate of drug-likeness (QED) is 0.796. The van der Waals surface area contributed by atoms with Crippen molar-refractivity contribution in [3.05, 3.63) is 34.2 Å². The number of carbonyl (C=O) groups excluding carboxylic acids is 1. The molecular weight excluding hydrogens is 204 g/mol. The molecule has 1 heterocycles. The Labute approximate surface area is 95.1 Å². The third-order valence-corrected chi connectivity index (χ3v) is 2.48. The van der Waals surface area contributed by atoms with Gasteiger partial charge in [0.05, 0.1) is 0 Å². The van der Waals surface area contributed by atoms with Crippen LogP contribution in [0.25, 0.3) is 0 Å². The van der Waals surface area contributed by atoms with Gasteiger partial charge in [0, 0.05) is 12.1 Å². The second-order valence-electron chi connectivity index (χ2n) is 3.80. The minimum atomic E-state index is -0.254. The summed E-state index contributed by atoms with van der Waals surface area (Å²) in [4.78, 5) is 25.3. The molecule has 4 heteroatoms. The molecule has 0 saturated carbocycles. The molecule has 0 bridgehead atoms. The molecule has 0 aliphatic heterocycles. The molecule has 0 fully saturated rings. The van der Waals surface area contributed by atoms with Crippen molar-refractivity contribution in [1.29, 1.82) is 0 Å². The summed E-state index contributed by atoms with van der Waals surface area (Å²) >= 11 is 0. The molecule has 88 valence electrons. The molecule has 0 aliphatic carbocycles. The standard InChI is InChI=1S/C12H18N2O2/c1-3-6-9(4-2)13-12(16)10-7-5-8-11(15)14-10/h5,7-9H,3-4,6H2,1-2H3,(H,13,16)(H,14,15). The summed E-state index contributed by atoms with van der Waals surface area (Å²) in [5.41, 5.74) is 0.0678. The first-order valence-corrected chi connectivity index (χ1v) is 5.67. The normalized spacial score (nSPS) is 12.1. The number of aromatic amines is 1. The van der Waals surface area contributed by atoms with Gasteiger partial charge >= 0.3 is 0 Å². The van der Waals surface area contributed by atoms with E-state index in [0.29, 0.717) is 5.69 Å². The first-order valence-electron chi connectivity index (χ1n) is 5.67. The predicted octanol–water partition coefficient (Wildman–Crippen LogP) is 1.68. The highest BCUT2D eigenvalue weighted by atomic mass is 16.2. The van der Waals surface area contributed by atoms with Gasteiger partial charge in [-0.3, -0.25) is 9.59 Å². The number of amides is 1. The van der Waals surface area contributed by atoms with Gasteiger partial charge in [-0.1, -0.05) is 26.3 Å². The number of carbonyl (C=O) groups is 1. The molecule has 1 amide bonds. The molecule has 0 radical (unpaired) electrons. The summed E-state index contributed by atoms with van der Waals surface area (Å²) < 4.78 is 0. The molecule has 1 rings (SSSR count). The number of nitrogens with one attached hydrogen (secondary N) is 2. The molecule has 16 heavy (non-hydrogen) atoms. The lowest BCUT2D eigenvalue weighted by Gasteiger charge is -2.15. The van der Waals surface area contributed by atoms with Gasteiger partial charge in [0.2, 0.25) is 5.56 Å². The Morgan fingerprint density at radius 3 is 2.75 bits per heavy atom. The van der Waals surface area contributed by atoms with Crippen LogP contribution in [0.2, 0.25) is 0 Å². The summed E-state index contributed by atoms with van der Waals surface area (Å²) in [5, 5.41) is 2.90. The molecule has 4 nitrogen and oxygen atoms in total. The van der Waals surface area contributed by atoms with Gasteiger partial charge in [0.15, 0.2) is 0 Å². The van der Waals surface area contributed by atoms with Gasteiger partial charge < -0.3 is 10.3 Å². The molecule has 1 atom stereocenters. The minimum absolute atomic E-state index is 0.182. The Hall–Kier alpha value is -1.58. The number of pyridine rings is 1. The summed E-state index contributed by atoms with van der Waals surface area (Å²) in [6.45, 7) is 4.12. The van der Waals surface area contributed by atoms with Crippen LogP contribution in [0.3, 0.4) is 0 Å². The van der Waals surface area contributed by atoms with Crippen LogP contribution in [0.5, 0.6) is 0 Å². The summed E-state index contributed by atoms with van der Waals surface area (Å²) in [5.74, 6) is -0.210. The lowest BCUT2D eigenvalue weighted by Crippen LogP contribution is -2.35. The average molecular weight is 222 g/mol. The monoisotopic (exact) mass is 222 g/mol. The first kappa shape index (κ1) is 12.5. The van der Waals surface area contributed by atoms with Crippen LogP contribution in [0, 0.1) is 0 Å². The van der Waals surface area contributed by atoms with Crippen molar-refractivity contribution in [1.82, 2.24) is 10.3 Å². The number of rotatable bonds is 5. The molecule has 1 unspecified atom stereocenters. The Morgan fingerprint density at radius 2 is 2.19 bits per heavy atom. The average Bonchev–Trinajstić information content (AvgIpc) is 2.28. The van der Waals surface area contributed by atoms with Gasteiger partial charge in [0.25, 0.3) is 5.91 Å². The number of hydrogen-bond acceptors (Lipinski definition) is 2. The van der Waals surface area contributed by atoms with E-state index in [1.54, 1.807) is 12.1 Å². The number of H-pyrrole nitrogens is 1. The van der Waals surface area contributed by atoms with Crippen LogP contribution < -0.4 is 10.9 Å². The third-order valence-electron chi connectivity index (χ3n) is 2.48. The van der Waals surface area contributed by atoms with Gasteiger partial charge in [-0.25, -0.2) is 0 Å². The summed E-state index contributed by atoms with van der Waals surface area (Å²) in [7, 11) is 0. The molecule has 1 aromatic heterocycles. The van der Waals surface area contributed by atoms with Gasteiger partial charge in [0.1, 0.15) is 5.69 Å². The summed E-state index contributed by atoms with van der Waals surface area (Å²) in [6.07, 6.45) is 2.89. The molecule has 0 saturated heterocycles. The lowest BCUT2D eigenvalue weighted by molar-refractivity contribution is 0.0928. The first-order chi connectivity index (χ1) is 7.67. The van der Waals surface area contributed by atoms with Crippen molar-refractivity contribution in [2.75, 3.05) is 0 Å². The zero-order valence-corrected chi connectivity index (χ0v) is 9.75. The van der Waals surface area contributed by atoms with Crippen LogP contribution in [-0.2, 0) is 0 Å². The fourth-order valence-corrected chi connectivity index (χ4v) is 1.57. The smallest absolute Gasteiger partial charge is 0.268 e. The molecule has 0 aliphatic rings. The highest BCUT2D eigenvalue weighted by Crippen LogP contribution is 2.02. The van der Waals surface area contributed by atoms with E-state index in [9.17, 15) is 9.59 Å². The fraction of sp³-hybridized carbons (Fsp3) is 0.500. The lowest BCUT2D eigenvalue weighted by atomic mass is 10.1. The van der Waals surface area contributed by atoms with Crippen molar-refractivity contribution in [2.24, 2.45) is 0 Å². The van der Waals surface area contributed by atoms with Crippen LogP contribution in [0.15, 0.2) is 23.0 Å². The highest BCUT2D eigenvalue weighted by molar-refractivity contribution is 5.92. The summed E-state index contributed by atoms with van der Waals surface area (Å²) in [6, 6.07) is 4.76. The Kier molecular flexibility index (Phi) is 4.76. The van der Waals surface area contributed by atoms with Crippen LogP contribution in [0.1, 0.15) is 43.6 Å². The highest BCUT2D eigenvalue weighted by Gasteiger charge is 2.11. The maximum atomic E-state index is 11.8. The maximum Gasteiger partial charge on any atom is 0.268 e. The number of aromatic nitrogens is 1. The Bertz CT molecular complexity index is 398. The predicted molar refractivity (Wildman–Crippen MR) is 63.5 cm³/mol. The zero-order chi connectivity index (χ0) is 12.0. The minimum Gasteiger partial charge on any atom is -0.348 e. The van der Waals surface area contributed by atoms with E-state index in [0.717, 1.165) is 19.3 Å². The molecule has 1 aromatic rings. The van der Waals surface area contributed by atoms with Gasteiger partial charge in [-0.05, 0) is 18.9 Å². The van der Waals surface area contributed by atoms with E-state index in [1.165, 1.54) is 6.07 Å². The van der Waals surface area contributed by atoms with Gasteiger partial charge in [-0.15, -0.1) is 0 Å². The van der Waals surface area contributed by atoms with E-state index < -0.39 is 0 Å². The van der Waals surface area contributed by atoms with Crippen LogP contribution >= 0.6 is 0 Å². The van der Waals surface area contributed by atoms with E-state index in [-0.39, 0.29) is 17.5 Å². The van der Waals surface area contributed by atoms with Crippen LogP contribution in [-0.4, -0.2) is 16.9 Å². The van der Waals surface area contributed by atoms with Crippen molar-refractivity contribution in [3.8, 4) is 0 Å². The molecular formula is C12H18N2O2. The molecule has 0 aromatic carbocycles. The molecule has 0 spiro atoms. The molecule has 2 N–H and O–H groups in total.